The first-order valence-corrected chi connectivity index (χ1v) is 9.81. The highest BCUT2D eigenvalue weighted by Gasteiger charge is 2.25. The second kappa shape index (κ2) is 8.64. The molecule has 0 saturated heterocycles. The van der Waals surface area contributed by atoms with Crippen LogP contribution in [0.25, 0.3) is 11.3 Å². The third kappa shape index (κ3) is 4.17. The van der Waals surface area contributed by atoms with Gasteiger partial charge in [-0.25, -0.2) is 9.18 Å². The number of aliphatic hydroxyl groups is 1. The SMILES string of the molecule is Cc1c(C(O)CNCc2ccc(-c3ccc(C#N)c(F)c3)nc2)ccc2c1COC2=O. The lowest BCUT2D eigenvalue weighted by Crippen LogP contribution is -2.22. The fourth-order valence-electron chi connectivity index (χ4n) is 3.66. The second-order valence-corrected chi connectivity index (χ2v) is 7.39. The van der Waals surface area contributed by atoms with Crippen molar-refractivity contribution in [1.82, 2.24) is 10.3 Å². The minimum atomic E-state index is -0.727. The summed E-state index contributed by atoms with van der Waals surface area (Å²) in [6.45, 7) is 2.96. The highest BCUT2D eigenvalue weighted by atomic mass is 19.1. The quantitative estimate of drug-likeness (QED) is 0.596. The minimum absolute atomic E-state index is 0.000797. The van der Waals surface area contributed by atoms with Crippen LogP contribution in [0.3, 0.4) is 0 Å². The number of fused-ring (bicyclic) bond motifs is 1. The molecule has 2 heterocycles. The van der Waals surface area contributed by atoms with E-state index >= 15 is 0 Å². The average Bonchev–Trinajstić information content (AvgIpc) is 3.16. The summed E-state index contributed by atoms with van der Waals surface area (Å²) >= 11 is 0. The van der Waals surface area contributed by atoms with E-state index in [2.05, 4.69) is 10.3 Å². The molecular weight excluding hydrogens is 397 g/mol. The second-order valence-electron chi connectivity index (χ2n) is 7.39. The van der Waals surface area contributed by atoms with Crippen LogP contribution < -0.4 is 5.32 Å². The lowest BCUT2D eigenvalue weighted by atomic mass is 9.95. The summed E-state index contributed by atoms with van der Waals surface area (Å²) < 4.78 is 18.9. The normalized spacial score (nSPS) is 13.4. The lowest BCUT2D eigenvalue weighted by molar-refractivity contribution is 0.0535. The minimum Gasteiger partial charge on any atom is -0.457 e. The number of aliphatic hydroxyl groups excluding tert-OH is 1. The van der Waals surface area contributed by atoms with Crippen molar-refractivity contribution in [2.75, 3.05) is 6.54 Å². The van der Waals surface area contributed by atoms with Crippen molar-refractivity contribution in [2.24, 2.45) is 0 Å². The number of halogens is 1. The first-order valence-electron chi connectivity index (χ1n) is 9.81. The molecule has 0 bridgehead atoms. The van der Waals surface area contributed by atoms with E-state index in [0.717, 1.165) is 22.3 Å². The molecule has 1 unspecified atom stereocenters. The molecule has 2 N–H and O–H groups in total. The molecule has 156 valence electrons. The zero-order valence-corrected chi connectivity index (χ0v) is 16.9. The molecular formula is C24H20FN3O3. The Bertz CT molecular complexity index is 1190. The third-order valence-corrected chi connectivity index (χ3v) is 5.44. The van der Waals surface area contributed by atoms with Crippen LogP contribution in [0.5, 0.6) is 0 Å². The standard InChI is InChI=1S/C24H20FN3O3/c1-14-18(5-6-19-20(14)13-31-24(19)30)23(29)12-27-10-15-2-7-22(28-11-15)16-3-4-17(9-26)21(25)8-16/h2-8,11,23,27,29H,10,12-13H2,1H3. The van der Waals surface area contributed by atoms with Crippen LogP contribution >= 0.6 is 0 Å². The van der Waals surface area contributed by atoms with Gasteiger partial charge in [-0.15, -0.1) is 0 Å². The number of ether oxygens (including phenoxy) is 1. The Morgan fingerprint density at radius 1 is 1.29 bits per heavy atom. The van der Waals surface area contributed by atoms with Crippen LogP contribution in [-0.4, -0.2) is 22.6 Å². The van der Waals surface area contributed by atoms with Gasteiger partial charge in [0, 0.05) is 30.4 Å². The maximum atomic E-state index is 13.8. The van der Waals surface area contributed by atoms with Crippen LogP contribution in [0.2, 0.25) is 0 Å². The van der Waals surface area contributed by atoms with Crippen molar-refractivity contribution in [3.63, 3.8) is 0 Å². The van der Waals surface area contributed by atoms with Gasteiger partial charge < -0.3 is 15.2 Å². The molecule has 4 rings (SSSR count). The van der Waals surface area contributed by atoms with E-state index in [1.165, 1.54) is 12.1 Å². The Labute approximate surface area is 178 Å². The van der Waals surface area contributed by atoms with Crippen LogP contribution in [0, 0.1) is 24.1 Å². The number of cyclic esters (lactones) is 1. The Morgan fingerprint density at radius 3 is 2.84 bits per heavy atom. The molecule has 0 aliphatic carbocycles. The van der Waals surface area contributed by atoms with Gasteiger partial charge in [0.2, 0.25) is 0 Å². The Hall–Kier alpha value is -3.60. The third-order valence-electron chi connectivity index (χ3n) is 5.44. The van der Waals surface area contributed by atoms with Crippen LogP contribution in [-0.2, 0) is 17.9 Å². The van der Waals surface area contributed by atoms with E-state index in [1.807, 2.05) is 13.0 Å². The average molecular weight is 417 g/mol. The maximum Gasteiger partial charge on any atom is 0.338 e. The molecule has 2 aromatic carbocycles. The fourth-order valence-corrected chi connectivity index (χ4v) is 3.66. The molecule has 0 spiro atoms. The lowest BCUT2D eigenvalue weighted by Gasteiger charge is -2.16. The molecule has 3 aromatic rings. The summed E-state index contributed by atoms with van der Waals surface area (Å²) in [5.74, 6) is -0.892. The number of nitrogens with zero attached hydrogens (tertiary/aromatic N) is 2. The molecule has 7 heteroatoms. The van der Waals surface area contributed by atoms with Crippen molar-refractivity contribution in [1.29, 1.82) is 5.26 Å². The van der Waals surface area contributed by atoms with Crippen LogP contribution in [0.15, 0.2) is 48.7 Å². The molecule has 0 saturated carbocycles. The van der Waals surface area contributed by atoms with Gasteiger partial charge in [-0.3, -0.25) is 4.98 Å². The van der Waals surface area contributed by atoms with Gasteiger partial charge in [0.1, 0.15) is 18.5 Å². The van der Waals surface area contributed by atoms with E-state index < -0.39 is 11.9 Å². The Morgan fingerprint density at radius 2 is 2.13 bits per heavy atom. The molecule has 1 aliphatic heterocycles. The number of hydrogen-bond donors (Lipinski definition) is 2. The molecule has 31 heavy (non-hydrogen) atoms. The number of carbonyl (C=O) groups excluding carboxylic acids is 1. The zero-order valence-electron chi connectivity index (χ0n) is 16.9. The number of nitriles is 1. The van der Waals surface area contributed by atoms with E-state index in [0.29, 0.717) is 29.9 Å². The summed E-state index contributed by atoms with van der Waals surface area (Å²) in [6.07, 6.45) is 0.962. The van der Waals surface area contributed by atoms with Crippen molar-refractivity contribution in [3.8, 4) is 17.3 Å². The number of benzene rings is 2. The molecule has 6 nitrogen and oxygen atoms in total. The highest BCUT2D eigenvalue weighted by molar-refractivity contribution is 5.93. The molecule has 0 amide bonds. The van der Waals surface area contributed by atoms with Crippen molar-refractivity contribution >= 4 is 5.97 Å². The number of esters is 1. The highest BCUT2D eigenvalue weighted by Crippen LogP contribution is 2.29. The van der Waals surface area contributed by atoms with Crippen LogP contribution in [0.4, 0.5) is 4.39 Å². The van der Waals surface area contributed by atoms with E-state index in [-0.39, 0.29) is 18.1 Å². The predicted octanol–water partition coefficient (Wildman–Crippen LogP) is 3.56. The van der Waals surface area contributed by atoms with Crippen LogP contribution in [0.1, 0.15) is 44.3 Å². The van der Waals surface area contributed by atoms with Crippen molar-refractivity contribution in [2.45, 2.75) is 26.2 Å². The maximum absolute atomic E-state index is 13.8. The summed E-state index contributed by atoms with van der Waals surface area (Å²) in [4.78, 5) is 16.0. The number of carbonyl (C=O) groups is 1. The van der Waals surface area contributed by atoms with Crippen molar-refractivity contribution in [3.05, 3.63) is 87.9 Å². The molecule has 1 aromatic heterocycles. The van der Waals surface area contributed by atoms with Gasteiger partial charge in [-0.1, -0.05) is 18.2 Å². The topological polar surface area (TPSA) is 95.2 Å². The number of rotatable bonds is 6. The monoisotopic (exact) mass is 417 g/mol. The fraction of sp³-hybridized carbons (Fsp3) is 0.208. The van der Waals surface area contributed by atoms with Gasteiger partial charge in [-0.2, -0.15) is 5.26 Å². The van der Waals surface area contributed by atoms with Gasteiger partial charge in [0.25, 0.3) is 0 Å². The number of pyridine rings is 1. The van der Waals surface area contributed by atoms with Gasteiger partial charge in [0.05, 0.1) is 22.9 Å². The first kappa shape index (κ1) is 20.7. The number of nitrogens with one attached hydrogen (secondary N) is 1. The molecule has 1 aliphatic rings. The number of hydrogen-bond acceptors (Lipinski definition) is 6. The largest absolute Gasteiger partial charge is 0.457 e. The smallest absolute Gasteiger partial charge is 0.338 e. The summed E-state index contributed by atoms with van der Waals surface area (Å²) in [6, 6.07) is 13.3. The summed E-state index contributed by atoms with van der Waals surface area (Å²) in [7, 11) is 0. The van der Waals surface area contributed by atoms with Gasteiger partial charge in [-0.05, 0) is 47.9 Å². The van der Waals surface area contributed by atoms with Gasteiger partial charge in [0.15, 0.2) is 0 Å². The van der Waals surface area contributed by atoms with Gasteiger partial charge >= 0.3 is 5.97 Å². The van der Waals surface area contributed by atoms with E-state index in [4.69, 9.17) is 10.00 Å². The van der Waals surface area contributed by atoms with Crippen molar-refractivity contribution < 1.29 is 19.0 Å². The summed E-state index contributed by atoms with van der Waals surface area (Å²) in [5, 5.41) is 22.6. The molecule has 0 radical (unpaired) electrons. The summed E-state index contributed by atoms with van der Waals surface area (Å²) in [5.41, 5.74) is 5.16. The first-order chi connectivity index (χ1) is 15.0. The Kier molecular flexibility index (Phi) is 5.76. The molecule has 1 atom stereocenters. The Balaban J connectivity index is 1.37. The molecule has 0 fully saturated rings. The zero-order chi connectivity index (χ0) is 22.0. The van der Waals surface area contributed by atoms with E-state index in [1.54, 1.807) is 36.5 Å². The predicted molar refractivity (Wildman–Crippen MR) is 111 cm³/mol. The number of aromatic nitrogens is 1. The van der Waals surface area contributed by atoms with E-state index in [9.17, 15) is 14.3 Å².